The summed E-state index contributed by atoms with van der Waals surface area (Å²) in [6.45, 7) is 2.13. The molecule has 92 valence electrons. The highest BCUT2D eigenvalue weighted by atomic mass is 32.1. The molecule has 1 atom stereocenters. The zero-order valence-electron chi connectivity index (χ0n) is 10.4. The van der Waals surface area contributed by atoms with Crippen molar-refractivity contribution in [2.75, 3.05) is 11.9 Å². The van der Waals surface area contributed by atoms with Crippen LogP contribution in [0.3, 0.4) is 0 Å². The number of nitriles is 1. The van der Waals surface area contributed by atoms with Crippen LogP contribution in [-0.4, -0.2) is 23.1 Å². The van der Waals surface area contributed by atoms with Crippen molar-refractivity contribution in [1.29, 1.82) is 5.26 Å². The van der Waals surface area contributed by atoms with Gasteiger partial charge in [0.15, 0.2) is 0 Å². The van der Waals surface area contributed by atoms with Crippen molar-refractivity contribution in [1.82, 2.24) is 9.97 Å². The number of nitrogens with zero attached hydrogens (tertiary/aromatic N) is 4. The molecule has 0 aliphatic carbocycles. The number of anilines is 1. The quantitative estimate of drug-likeness (QED) is 0.845. The summed E-state index contributed by atoms with van der Waals surface area (Å²) in [6, 6.07) is 8.11. The fourth-order valence-corrected chi connectivity index (χ4v) is 2.46. The normalized spacial score (nSPS) is 11.8. The molecular weight excluding hydrogens is 244 g/mol. The Kier molecular flexibility index (Phi) is 3.90. The number of hydrogen-bond donors (Lipinski definition) is 0. The minimum Gasteiger partial charge on any atom is -0.341 e. The molecule has 0 amide bonds. The largest absolute Gasteiger partial charge is 0.341 e. The van der Waals surface area contributed by atoms with Gasteiger partial charge in [0.25, 0.3) is 0 Å². The van der Waals surface area contributed by atoms with Gasteiger partial charge in [-0.15, -0.1) is 11.3 Å². The molecule has 5 heteroatoms. The summed E-state index contributed by atoms with van der Waals surface area (Å²) in [5.74, 6) is 0.595. The van der Waals surface area contributed by atoms with Gasteiger partial charge < -0.3 is 4.90 Å². The van der Waals surface area contributed by atoms with Crippen molar-refractivity contribution in [2.45, 2.75) is 19.4 Å². The van der Waals surface area contributed by atoms with Gasteiger partial charge in [-0.05, 0) is 24.4 Å². The van der Waals surface area contributed by atoms with Crippen LogP contribution in [0, 0.1) is 11.3 Å². The van der Waals surface area contributed by atoms with Crippen LogP contribution in [0.15, 0.2) is 29.8 Å². The van der Waals surface area contributed by atoms with Crippen LogP contribution in [-0.2, 0) is 6.42 Å². The van der Waals surface area contributed by atoms with Crippen LogP contribution in [0.1, 0.15) is 17.5 Å². The van der Waals surface area contributed by atoms with E-state index in [1.165, 1.54) is 4.88 Å². The van der Waals surface area contributed by atoms with Gasteiger partial charge in [-0.2, -0.15) is 5.26 Å². The van der Waals surface area contributed by atoms with Gasteiger partial charge in [0, 0.05) is 30.6 Å². The van der Waals surface area contributed by atoms with E-state index < -0.39 is 0 Å². The molecule has 0 bridgehead atoms. The van der Waals surface area contributed by atoms with E-state index in [1.807, 2.05) is 18.0 Å². The molecule has 2 rings (SSSR count). The number of likely N-dealkylation sites (N-methyl/N-ethyl adjacent to an activating group) is 1. The molecule has 0 aliphatic rings. The van der Waals surface area contributed by atoms with Crippen LogP contribution in [0.2, 0.25) is 0 Å². The maximum absolute atomic E-state index is 8.83. The Bertz CT molecular complexity index is 544. The van der Waals surface area contributed by atoms with Gasteiger partial charge in [-0.25, -0.2) is 9.97 Å². The van der Waals surface area contributed by atoms with Crippen molar-refractivity contribution in [2.24, 2.45) is 0 Å². The summed E-state index contributed by atoms with van der Waals surface area (Å²) < 4.78 is 0. The molecule has 18 heavy (non-hydrogen) atoms. The Balaban J connectivity index is 2.10. The van der Waals surface area contributed by atoms with Gasteiger partial charge >= 0.3 is 0 Å². The van der Waals surface area contributed by atoms with Gasteiger partial charge in [-0.3, -0.25) is 0 Å². The van der Waals surface area contributed by atoms with Crippen molar-refractivity contribution >= 4 is 17.3 Å². The van der Waals surface area contributed by atoms with Gasteiger partial charge in [0.05, 0.1) is 0 Å². The zero-order valence-corrected chi connectivity index (χ0v) is 11.2. The fourth-order valence-electron chi connectivity index (χ4n) is 1.63. The Morgan fingerprint density at radius 3 is 3.00 bits per heavy atom. The molecule has 1 unspecified atom stereocenters. The topological polar surface area (TPSA) is 52.8 Å². The first-order chi connectivity index (χ1) is 8.70. The zero-order chi connectivity index (χ0) is 13.0. The second kappa shape index (κ2) is 5.61. The Morgan fingerprint density at radius 2 is 2.33 bits per heavy atom. The van der Waals surface area contributed by atoms with Crippen LogP contribution in [0.25, 0.3) is 0 Å². The lowest BCUT2D eigenvalue weighted by molar-refractivity contribution is 0.670. The van der Waals surface area contributed by atoms with Crippen LogP contribution in [0.4, 0.5) is 5.95 Å². The molecule has 0 saturated carbocycles. The van der Waals surface area contributed by atoms with Gasteiger partial charge in [-0.1, -0.05) is 6.07 Å². The van der Waals surface area contributed by atoms with E-state index in [0.717, 1.165) is 6.42 Å². The molecule has 2 aromatic rings. The Morgan fingerprint density at radius 1 is 1.50 bits per heavy atom. The maximum Gasteiger partial charge on any atom is 0.226 e. The summed E-state index contributed by atoms with van der Waals surface area (Å²) in [5.41, 5.74) is 0.398. The lowest BCUT2D eigenvalue weighted by Crippen LogP contribution is -2.32. The third-order valence-electron chi connectivity index (χ3n) is 2.81. The number of hydrogen-bond acceptors (Lipinski definition) is 5. The van der Waals surface area contributed by atoms with E-state index in [4.69, 9.17) is 5.26 Å². The molecular formula is C13H14N4S. The molecule has 0 spiro atoms. The van der Waals surface area contributed by atoms with E-state index in [-0.39, 0.29) is 6.04 Å². The molecule has 0 saturated heterocycles. The van der Waals surface area contributed by atoms with Crippen molar-refractivity contribution in [3.05, 3.63) is 40.3 Å². The first-order valence-electron chi connectivity index (χ1n) is 5.69. The SMILES string of the molecule is CC(Cc1cccs1)N(C)c1nccc(C#N)n1. The summed E-state index contributed by atoms with van der Waals surface area (Å²) in [6.07, 6.45) is 2.57. The van der Waals surface area contributed by atoms with Crippen LogP contribution >= 0.6 is 11.3 Å². The smallest absolute Gasteiger partial charge is 0.226 e. The third-order valence-corrected chi connectivity index (χ3v) is 3.71. The Labute approximate surface area is 111 Å². The summed E-state index contributed by atoms with van der Waals surface area (Å²) in [4.78, 5) is 11.7. The van der Waals surface area contributed by atoms with E-state index in [9.17, 15) is 0 Å². The van der Waals surface area contributed by atoms with Crippen LogP contribution < -0.4 is 4.90 Å². The molecule has 0 radical (unpaired) electrons. The average Bonchev–Trinajstić information content (AvgIpc) is 2.90. The minimum absolute atomic E-state index is 0.289. The summed E-state index contributed by atoms with van der Waals surface area (Å²) >= 11 is 1.75. The first kappa shape index (κ1) is 12.5. The first-order valence-corrected chi connectivity index (χ1v) is 6.57. The molecule has 0 fully saturated rings. The van der Waals surface area contributed by atoms with Crippen molar-refractivity contribution in [3.8, 4) is 6.07 Å². The second-order valence-electron chi connectivity index (χ2n) is 4.10. The molecule has 4 nitrogen and oxygen atoms in total. The lowest BCUT2D eigenvalue weighted by atomic mass is 10.2. The van der Waals surface area contributed by atoms with Crippen molar-refractivity contribution < 1.29 is 0 Å². The van der Waals surface area contributed by atoms with Crippen LogP contribution in [0.5, 0.6) is 0 Å². The third kappa shape index (κ3) is 2.84. The molecule has 2 aromatic heterocycles. The number of thiophene rings is 1. The average molecular weight is 258 g/mol. The van der Waals surface area contributed by atoms with Gasteiger partial charge in [0.1, 0.15) is 11.8 Å². The Hall–Kier alpha value is -1.93. The summed E-state index contributed by atoms with van der Waals surface area (Å²) in [7, 11) is 1.95. The van der Waals surface area contributed by atoms with Gasteiger partial charge in [0.2, 0.25) is 5.95 Å². The van der Waals surface area contributed by atoms with E-state index in [2.05, 4.69) is 34.4 Å². The highest BCUT2D eigenvalue weighted by Crippen LogP contribution is 2.16. The number of aromatic nitrogens is 2. The van der Waals surface area contributed by atoms with E-state index in [1.54, 1.807) is 23.6 Å². The molecule has 0 aliphatic heterocycles. The highest BCUT2D eigenvalue weighted by Gasteiger charge is 2.14. The predicted molar refractivity (Wildman–Crippen MR) is 72.6 cm³/mol. The standard InChI is InChI=1S/C13H14N4S/c1-10(8-12-4-3-7-18-12)17(2)13-15-6-5-11(9-14)16-13/h3-7,10H,8H2,1-2H3. The maximum atomic E-state index is 8.83. The van der Waals surface area contributed by atoms with E-state index >= 15 is 0 Å². The highest BCUT2D eigenvalue weighted by molar-refractivity contribution is 7.09. The molecule has 2 heterocycles. The van der Waals surface area contributed by atoms with Crippen molar-refractivity contribution in [3.63, 3.8) is 0 Å². The minimum atomic E-state index is 0.289. The second-order valence-corrected chi connectivity index (χ2v) is 5.13. The number of rotatable bonds is 4. The lowest BCUT2D eigenvalue weighted by Gasteiger charge is -2.24. The summed E-state index contributed by atoms with van der Waals surface area (Å²) in [5, 5.41) is 10.9. The molecule has 0 aromatic carbocycles. The monoisotopic (exact) mass is 258 g/mol. The van der Waals surface area contributed by atoms with E-state index in [0.29, 0.717) is 11.6 Å². The predicted octanol–water partition coefficient (Wildman–Crippen LogP) is 2.48. The molecule has 0 N–H and O–H groups in total. The fraction of sp³-hybridized carbons (Fsp3) is 0.308.